The summed E-state index contributed by atoms with van der Waals surface area (Å²) in [6, 6.07) is 18.4. The van der Waals surface area contributed by atoms with Gasteiger partial charge in [0.15, 0.2) is 0 Å². The van der Waals surface area contributed by atoms with Gasteiger partial charge in [0.25, 0.3) is 5.91 Å². The van der Waals surface area contributed by atoms with Gasteiger partial charge in [-0.3, -0.25) is 9.89 Å². The van der Waals surface area contributed by atoms with Crippen LogP contribution in [-0.4, -0.2) is 32.1 Å². The van der Waals surface area contributed by atoms with Crippen molar-refractivity contribution < 1.29 is 9.18 Å². The third-order valence-corrected chi connectivity index (χ3v) is 5.41. The number of amides is 1. The Labute approximate surface area is 161 Å². The maximum absolute atomic E-state index is 13.2. The van der Waals surface area contributed by atoms with Gasteiger partial charge in [0.05, 0.1) is 18.3 Å². The van der Waals surface area contributed by atoms with Crippen LogP contribution in [0.1, 0.15) is 34.2 Å². The van der Waals surface area contributed by atoms with Gasteiger partial charge >= 0.3 is 0 Å². The van der Waals surface area contributed by atoms with Crippen molar-refractivity contribution in [3.63, 3.8) is 0 Å². The number of benzene rings is 2. The molecule has 3 heterocycles. The Balaban J connectivity index is 1.33. The van der Waals surface area contributed by atoms with Gasteiger partial charge in [0.2, 0.25) is 0 Å². The number of carbonyl (C=O) groups is 1. The van der Waals surface area contributed by atoms with Gasteiger partial charge in [-0.05, 0) is 47.7 Å². The molecule has 1 saturated heterocycles. The first-order valence-electron chi connectivity index (χ1n) is 9.33. The molecule has 0 radical (unpaired) electrons. The van der Waals surface area contributed by atoms with E-state index in [0.29, 0.717) is 18.8 Å². The quantitative estimate of drug-likeness (QED) is 0.584. The van der Waals surface area contributed by atoms with E-state index in [-0.39, 0.29) is 17.8 Å². The minimum Gasteiger partial charge on any atom is -0.341 e. The average molecular weight is 374 g/mol. The molecule has 2 aromatic carbocycles. The number of halogens is 1. The SMILES string of the molecule is O=C(c1cc(Cn2ccc3ccccc32)[nH]n1)N1CCC1c1ccc(F)cc1. The van der Waals surface area contributed by atoms with Crippen LogP contribution >= 0.6 is 0 Å². The first-order chi connectivity index (χ1) is 13.7. The van der Waals surface area contributed by atoms with Crippen LogP contribution < -0.4 is 0 Å². The summed E-state index contributed by atoms with van der Waals surface area (Å²) in [6.07, 6.45) is 2.91. The summed E-state index contributed by atoms with van der Waals surface area (Å²) in [5, 5.41) is 8.40. The Bertz CT molecular complexity index is 1140. The molecule has 1 aliphatic heterocycles. The summed E-state index contributed by atoms with van der Waals surface area (Å²) in [6.45, 7) is 1.31. The number of hydrogen-bond acceptors (Lipinski definition) is 2. The lowest BCUT2D eigenvalue weighted by molar-refractivity contribution is 0.0454. The van der Waals surface area contributed by atoms with Gasteiger partial charge in [-0.15, -0.1) is 0 Å². The van der Waals surface area contributed by atoms with Gasteiger partial charge in [0.1, 0.15) is 11.5 Å². The summed E-state index contributed by atoms with van der Waals surface area (Å²) in [5.41, 5.74) is 3.39. The van der Waals surface area contributed by atoms with Crippen molar-refractivity contribution in [1.82, 2.24) is 19.7 Å². The number of carbonyl (C=O) groups excluding carboxylic acids is 1. The lowest BCUT2D eigenvalue weighted by atomic mass is 9.94. The minimum absolute atomic E-state index is 0.0124. The predicted molar refractivity (Wildman–Crippen MR) is 104 cm³/mol. The zero-order valence-corrected chi connectivity index (χ0v) is 15.2. The Kier molecular flexibility index (Phi) is 3.97. The Morgan fingerprint density at radius 1 is 1.14 bits per heavy atom. The van der Waals surface area contributed by atoms with E-state index in [1.165, 1.54) is 17.5 Å². The summed E-state index contributed by atoms with van der Waals surface area (Å²) >= 11 is 0. The van der Waals surface area contributed by atoms with Gasteiger partial charge in [-0.2, -0.15) is 5.10 Å². The molecule has 1 amide bonds. The Morgan fingerprint density at radius 3 is 2.75 bits per heavy atom. The number of para-hydroxylation sites is 1. The maximum Gasteiger partial charge on any atom is 0.274 e. The van der Waals surface area contributed by atoms with Gasteiger partial charge in [-0.1, -0.05) is 30.3 Å². The number of nitrogens with one attached hydrogen (secondary N) is 1. The minimum atomic E-state index is -0.268. The zero-order chi connectivity index (χ0) is 19.1. The molecule has 2 aromatic heterocycles. The standard InChI is InChI=1S/C22H19FN4O/c23-17-7-5-16(6-8-17)21-10-12-27(21)22(28)19-13-18(24-25-19)14-26-11-9-15-3-1-2-4-20(15)26/h1-9,11,13,21H,10,12,14H2,(H,24,25). The molecule has 0 saturated carbocycles. The highest BCUT2D eigenvalue weighted by molar-refractivity contribution is 5.93. The second-order valence-corrected chi connectivity index (χ2v) is 7.14. The van der Waals surface area contributed by atoms with Crippen LogP contribution in [0.5, 0.6) is 0 Å². The second-order valence-electron chi connectivity index (χ2n) is 7.14. The molecule has 0 bridgehead atoms. The molecule has 1 N–H and O–H groups in total. The second kappa shape index (κ2) is 6.64. The molecule has 6 heteroatoms. The molecule has 0 aliphatic carbocycles. The number of aromatic amines is 1. The summed E-state index contributed by atoms with van der Waals surface area (Å²) in [7, 11) is 0. The van der Waals surface area contributed by atoms with E-state index < -0.39 is 0 Å². The van der Waals surface area contributed by atoms with Crippen molar-refractivity contribution in [2.75, 3.05) is 6.54 Å². The highest BCUT2D eigenvalue weighted by Crippen LogP contribution is 2.34. The smallest absolute Gasteiger partial charge is 0.274 e. The van der Waals surface area contributed by atoms with E-state index >= 15 is 0 Å². The molecule has 1 fully saturated rings. The van der Waals surface area contributed by atoms with E-state index in [9.17, 15) is 9.18 Å². The molecular formula is C22H19FN4O. The summed E-state index contributed by atoms with van der Waals surface area (Å²) < 4.78 is 15.3. The summed E-state index contributed by atoms with van der Waals surface area (Å²) in [4.78, 5) is 14.7. The van der Waals surface area contributed by atoms with Gasteiger partial charge in [0, 0.05) is 18.3 Å². The third kappa shape index (κ3) is 2.87. The lowest BCUT2D eigenvalue weighted by Crippen LogP contribution is -2.45. The monoisotopic (exact) mass is 374 g/mol. The van der Waals surface area contributed by atoms with Crippen molar-refractivity contribution >= 4 is 16.8 Å². The molecule has 1 aliphatic rings. The highest BCUT2D eigenvalue weighted by atomic mass is 19.1. The fraction of sp³-hybridized carbons (Fsp3) is 0.182. The Morgan fingerprint density at radius 2 is 1.96 bits per heavy atom. The maximum atomic E-state index is 13.2. The zero-order valence-electron chi connectivity index (χ0n) is 15.2. The van der Waals surface area contributed by atoms with E-state index in [2.05, 4.69) is 33.0 Å². The molecule has 1 atom stereocenters. The normalized spacial score (nSPS) is 16.3. The number of rotatable bonds is 4. The van der Waals surface area contributed by atoms with Crippen LogP contribution in [0.2, 0.25) is 0 Å². The molecule has 140 valence electrons. The first-order valence-corrected chi connectivity index (χ1v) is 9.33. The van der Waals surface area contributed by atoms with E-state index in [4.69, 9.17) is 0 Å². The fourth-order valence-electron chi connectivity index (χ4n) is 3.82. The molecule has 5 nitrogen and oxygen atoms in total. The van der Waals surface area contributed by atoms with Crippen LogP contribution in [0.4, 0.5) is 4.39 Å². The summed E-state index contributed by atoms with van der Waals surface area (Å²) in [5.74, 6) is -0.365. The van der Waals surface area contributed by atoms with Crippen molar-refractivity contribution in [2.45, 2.75) is 19.0 Å². The van der Waals surface area contributed by atoms with E-state index in [0.717, 1.165) is 23.2 Å². The molecule has 5 rings (SSSR count). The molecule has 4 aromatic rings. The van der Waals surface area contributed by atoms with Crippen LogP contribution in [0.15, 0.2) is 66.9 Å². The number of aromatic nitrogens is 3. The number of fused-ring (bicyclic) bond motifs is 1. The molecule has 1 unspecified atom stereocenters. The van der Waals surface area contributed by atoms with Crippen molar-refractivity contribution in [2.24, 2.45) is 0 Å². The predicted octanol–water partition coefficient (Wildman–Crippen LogP) is 4.14. The van der Waals surface area contributed by atoms with Crippen molar-refractivity contribution in [3.8, 4) is 0 Å². The van der Waals surface area contributed by atoms with E-state index in [1.54, 1.807) is 17.0 Å². The molecule has 28 heavy (non-hydrogen) atoms. The van der Waals surface area contributed by atoms with Crippen LogP contribution in [-0.2, 0) is 6.54 Å². The molecular weight excluding hydrogens is 355 g/mol. The number of H-pyrrole nitrogens is 1. The van der Waals surface area contributed by atoms with Crippen LogP contribution in [0, 0.1) is 5.82 Å². The van der Waals surface area contributed by atoms with Crippen molar-refractivity contribution in [3.05, 3.63) is 89.6 Å². The average Bonchev–Trinajstić information content (AvgIpc) is 3.31. The van der Waals surface area contributed by atoms with E-state index in [1.807, 2.05) is 24.4 Å². The number of hydrogen-bond donors (Lipinski definition) is 1. The molecule has 0 spiro atoms. The van der Waals surface area contributed by atoms with Crippen LogP contribution in [0.25, 0.3) is 10.9 Å². The largest absolute Gasteiger partial charge is 0.341 e. The number of nitrogens with zero attached hydrogens (tertiary/aromatic N) is 3. The van der Waals surface area contributed by atoms with Gasteiger partial charge in [-0.25, -0.2) is 4.39 Å². The fourth-order valence-corrected chi connectivity index (χ4v) is 3.82. The van der Waals surface area contributed by atoms with Crippen molar-refractivity contribution in [1.29, 1.82) is 0 Å². The highest BCUT2D eigenvalue weighted by Gasteiger charge is 2.34. The number of likely N-dealkylation sites (tertiary alicyclic amines) is 1. The topological polar surface area (TPSA) is 53.9 Å². The third-order valence-electron chi connectivity index (χ3n) is 5.41. The first kappa shape index (κ1) is 16.7. The lowest BCUT2D eigenvalue weighted by Gasteiger charge is -2.41. The Hall–Kier alpha value is -3.41. The van der Waals surface area contributed by atoms with Crippen LogP contribution in [0.3, 0.4) is 0 Å². The van der Waals surface area contributed by atoms with Gasteiger partial charge < -0.3 is 9.47 Å².